The van der Waals surface area contributed by atoms with Gasteiger partial charge in [0.2, 0.25) is 0 Å². The smallest absolute Gasteiger partial charge is 0.165 e. The van der Waals surface area contributed by atoms with Crippen LogP contribution >= 0.6 is 0 Å². The lowest BCUT2D eigenvalue weighted by atomic mass is 9.81. The molecular formula is C17H26FNO. The first-order valence-electron chi connectivity index (χ1n) is 7.45. The maximum Gasteiger partial charge on any atom is 0.165 e. The summed E-state index contributed by atoms with van der Waals surface area (Å²) in [4.78, 5) is 0. The summed E-state index contributed by atoms with van der Waals surface area (Å²) in [5.74, 6) is -0.00984. The molecule has 0 aliphatic heterocycles. The molecule has 1 aliphatic rings. The van der Waals surface area contributed by atoms with E-state index in [1.165, 1.54) is 13.5 Å². The molecule has 1 fully saturated rings. The van der Waals surface area contributed by atoms with Crippen molar-refractivity contribution in [2.45, 2.75) is 57.9 Å². The molecule has 0 amide bonds. The van der Waals surface area contributed by atoms with Gasteiger partial charge in [-0.1, -0.05) is 26.3 Å². The van der Waals surface area contributed by atoms with Crippen LogP contribution in [0.2, 0.25) is 0 Å². The Morgan fingerprint density at radius 3 is 2.60 bits per heavy atom. The van der Waals surface area contributed by atoms with Crippen molar-refractivity contribution < 1.29 is 9.13 Å². The molecule has 112 valence electrons. The van der Waals surface area contributed by atoms with Crippen LogP contribution in [-0.2, 0) is 6.42 Å². The summed E-state index contributed by atoms with van der Waals surface area (Å²) in [6.07, 6.45) is 6.29. The lowest BCUT2D eigenvalue weighted by Crippen LogP contribution is -2.41. The maximum atomic E-state index is 13.8. The molecule has 20 heavy (non-hydrogen) atoms. The zero-order valence-corrected chi connectivity index (χ0v) is 12.8. The van der Waals surface area contributed by atoms with Crippen molar-refractivity contribution in [3.8, 4) is 5.75 Å². The Balaban J connectivity index is 2.10. The van der Waals surface area contributed by atoms with Gasteiger partial charge in [0.1, 0.15) is 0 Å². The lowest BCUT2D eigenvalue weighted by molar-refractivity contribution is 0.297. The summed E-state index contributed by atoms with van der Waals surface area (Å²) < 4.78 is 18.7. The third-order valence-electron chi connectivity index (χ3n) is 4.60. The molecule has 0 heterocycles. The number of benzene rings is 1. The molecule has 1 aliphatic carbocycles. The van der Waals surface area contributed by atoms with Crippen LogP contribution < -0.4 is 10.5 Å². The van der Waals surface area contributed by atoms with Crippen LogP contribution in [0.5, 0.6) is 5.75 Å². The molecule has 0 spiro atoms. The van der Waals surface area contributed by atoms with E-state index in [2.05, 4.69) is 13.8 Å². The molecule has 1 aromatic carbocycles. The van der Waals surface area contributed by atoms with E-state index in [1.54, 1.807) is 12.1 Å². The van der Waals surface area contributed by atoms with Crippen molar-refractivity contribution in [1.29, 1.82) is 0 Å². The summed E-state index contributed by atoms with van der Waals surface area (Å²) in [7, 11) is 1.48. The SMILES string of the molecule is COc1ccc(CC2(N)CCCC(C)(C)CC2)cc1F. The number of nitrogens with two attached hydrogens (primary N) is 1. The van der Waals surface area contributed by atoms with Gasteiger partial charge in [0.25, 0.3) is 0 Å². The Morgan fingerprint density at radius 2 is 1.95 bits per heavy atom. The molecule has 0 bridgehead atoms. The minimum atomic E-state index is -0.303. The van der Waals surface area contributed by atoms with Crippen LogP contribution in [0.4, 0.5) is 4.39 Å². The summed E-state index contributed by atoms with van der Waals surface area (Å²) in [6.45, 7) is 4.62. The molecule has 2 nitrogen and oxygen atoms in total. The maximum absolute atomic E-state index is 13.8. The van der Waals surface area contributed by atoms with Crippen molar-refractivity contribution in [2.75, 3.05) is 7.11 Å². The van der Waals surface area contributed by atoms with Crippen molar-refractivity contribution in [3.05, 3.63) is 29.6 Å². The Bertz CT molecular complexity index is 472. The van der Waals surface area contributed by atoms with Crippen LogP contribution in [0.3, 0.4) is 0 Å². The van der Waals surface area contributed by atoms with Gasteiger partial charge in [-0.2, -0.15) is 0 Å². The fourth-order valence-electron chi connectivity index (χ4n) is 3.16. The predicted octanol–water partition coefficient (Wildman–Crippen LogP) is 4.06. The quantitative estimate of drug-likeness (QED) is 0.847. The van der Waals surface area contributed by atoms with Crippen LogP contribution in [0.1, 0.15) is 51.5 Å². The van der Waals surface area contributed by atoms with E-state index >= 15 is 0 Å². The van der Waals surface area contributed by atoms with Crippen LogP contribution in [0.25, 0.3) is 0 Å². The second-order valence-electron chi connectivity index (χ2n) is 7.03. The Kier molecular flexibility index (Phi) is 4.38. The van der Waals surface area contributed by atoms with E-state index < -0.39 is 0 Å². The molecule has 0 aromatic heterocycles. The van der Waals surface area contributed by atoms with E-state index in [0.717, 1.165) is 37.7 Å². The molecule has 0 radical (unpaired) electrons. The predicted molar refractivity (Wildman–Crippen MR) is 80.4 cm³/mol. The van der Waals surface area contributed by atoms with E-state index in [9.17, 15) is 4.39 Å². The molecule has 3 heteroatoms. The molecule has 2 N–H and O–H groups in total. The van der Waals surface area contributed by atoms with Gasteiger partial charge in [-0.15, -0.1) is 0 Å². The highest BCUT2D eigenvalue weighted by Gasteiger charge is 2.32. The zero-order chi connectivity index (χ0) is 14.8. The Hall–Kier alpha value is -1.09. The number of methoxy groups -OCH3 is 1. The standard InChI is InChI=1S/C17H26FNO/c1-16(2)7-4-8-17(19,10-9-16)12-13-5-6-15(20-3)14(18)11-13/h5-6,11H,4,7-10,12,19H2,1-3H3. The number of halogens is 1. The van der Waals surface area contributed by atoms with E-state index in [-0.39, 0.29) is 11.4 Å². The first-order chi connectivity index (χ1) is 9.34. The summed E-state index contributed by atoms with van der Waals surface area (Å²) >= 11 is 0. The van der Waals surface area contributed by atoms with Gasteiger partial charge in [0.05, 0.1) is 7.11 Å². The fraction of sp³-hybridized carbons (Fsp3) is 0.647. The van der Waals surface area contributed by atoms with Crippen LogP contribution in [0, 0.1) is 11.2 Å². The van der Waals surface area contributed by atoms with Crippen molar-refractivity contribution in [1.82, 2.24) is 0 Å². The highest BCUT2D eigenvalue weighted by atomic mass is 19.1. The van der Waals surface area contributed by atoms with Gasteiger partial charge in [-0.25, -0.2) is 4.39 Å². The Morgan fingerprint density at radius 1 is 1.20 bits per heavy atom. The first-order valence-corrected chi connectivity index (χ1v) is 7.45. The monoisotopic (exact) mass is 279 g/mol. The molecule has 2 rings (SSSR count). The van der Waals surface area contributed by atoms with Crippen molar-refractivity contribution >= 4 is 0 Å². The van der Waals surface area contributed by atoms with Gasteiger partial charge >= 0.3 is 0 Å². The minimum absolute atomic E-state index is 0.200. The average Bonchev–Trinajstić information content (AvgIpc) is 2.49. The van der Waals surface area contributed by atoms with Gasteiger partial charge in [-0.05, 0) is 55.2 Å². The van der Waals surface area contributed by atoms with Gasteiger partial charge < -0.3 is 10.5 Å². The van der Waals surface area contributed by atoms with E-state index in [0.29, 0.717) is 11.2 Å². The van der Waals surface area contributed by atoms with Crippen LogP contribution in [0.15, 0.2) is 18.2 Å². The first kappa shape index (κ1) is 15.3. The highest BCUT2D eigenvalue weighted by molar-refractivity contribution is 5.30. The van der Waals surface area contributed by atoms with Crippen molar-refractivity contribution in [2.24, 2.45) is 11.1 Å². The van der Waals surface area contributed by atoms with Gasteiger partial charge in [0, 0.05) is 5.54 Å². The number of ether oxygens (including phenoxy) is 1. The average molecular weight is 279 g/mol. The normalized spacial score (nSPS) is 26.1. The zero-order valence-electron chi connectivity index (χ0n) is 12.8. The number of rotatable bonds is 3. The largest absolute Gasteiger partial charge is 0.494 e. The molecule has 1 unspecified atom stereocenters. The van der Waals surface area contributed by atoms with Crippen LogP contribution in [-0.4, -0.2) is 12.6 Å². The van der Waals surface area contributed by atoms with Gasteiger partial charge in [0.15, 0.2) is 11.6 Å². The summed E-state index contributed by atoms with van der Waals surface area (Å²) in [5.41, 5.74) is 7.72. The van der Waals surface area contributed by atoms with Crippen molar-refractivity contribution in [3.63, 3.8) is 0 Å². The molecule has 0 saturated heterocycles. The van der Waals surface area contributed by atoms with E-state index in [4.69, 9.17) is 10.5 Å². The second-order valence-corrected chi connectivity index (χ2v) is 7.03. The molecule has 1 atom stereocenters. The second kappa shape index (κ2) is 5.72. The lowest BCUT2D eigenvalue weighted by Gasteiger charge is -2.29. The topological polar surface area (TPSA) is 35.2 Å². The summed E-state index contributed by atoms with van der Waals surface area (Å²) in [5, 5.41) is 0. The third-order valence-corrected chi connectivity index (χ3v) is 4.60. The van der Waals surface area contributed by atoms with E-state index in [1.807, 2.05) is 6.07 Å². The molecular weight excluding hydrogens is 253 g/mol. The summed E-state index contributed by atoms with van der Waals surface area (Å²) in [6, 6.07) is 5.17. The fourth-order valence-corrected chi connectivity index (χ4v) is 3.16. The Labute approximate surface area is 121 Å². The molecule has 1 aromatic rings. The number of hydrogen-bond acceptors (Lipinski definition) is 2. The highest BCUT2D eigenvalue weighted by Crippen LogP contribution is 2.38. The molecule has 1 saturated carbocycles. The minimum Gasteiger partial charge on any atom is -0.494 e. The number of hydrogen-bond donors (Lipinski definition) is 1. The van der Waals surface area contributed by atoms with Gasteiger partial charge in [-0.3, -0.25) is 0 Å². The third kappa shape index (κ3) is 3.72.